The Balaban J connectivity index is 1.59. The molecule has 4 nitrogen and oxygen atoms in total. The lowest BCUT2D eigenvalue weighted by Gasteiger charge is -2.13. The predicted molar refractivity (Wildman–Crippen MR) is 71.3 cm³/mol. The van der Waals surface area contributed by atoms with Crippen molar-refractivity contribution in [2.24, 2.45) is 5.73 Å². The van der Waals surface area contributed by atoms with E-state index in [9.17, 15) is 4.39 Å². The van der Waals surface area contributed by atoms with E-state index in [0.717, 1.165) is 50.0 Å². The van der Waals surface area contributed by atoms with Crippen LogP contribution in [0.15, 0.2) is 22.7 Å². The Kier molecular flexibility index (Phi) is 3.48. The number of halogens is 1. The van der Waals surface area contributed by atoms with Crippen LogP contribution >= 0.6 is 0 Å². The molecule has 1 fully saturated rings. The molecule has 0 spiro atoms. The number of hydrogen-bond acceptors (Lipinski definition) is 4. The van der Waals surface area contributed by atoms with Gasteiger partial charge in [-0.15, -0.1) is 0 Å². The summed E-state index contributed by atoms with van der Waals surface area (Å²) in [5, 5.41) is 4.95. The predicted octanol–water partition coefficient (Wildman–Crippen LogP) is 1.93. The smallest absolute Gasteiger partial charge is 0.170 e. The fourth-order valence-electron chi connectivity index (χ4n) is 2.68. The van der Waals surface area contributed by atoms with Crippen LogP contribution < -0.4 is 5.73 Å². The van der Waals surface area contributed by atoms with Gasteiger partial charge in [0.05, 0.1) is 5.69 Å². The molecule has 5 heteroatoms. The molecule has 2 heterocycles. The Bertz CT molecular complexity index is 569. The van der Waals surface area contributed by atoms with E-state index in [0.29, 0.717) is 11.6 Å². The van der Waals surface area contributed by atoms with Crippen molar-refractivity contribution in [2.75, 3.05) is 19.6 Å². The van der Waals surface area contributed by atoms with Gasteiger partial charge in [-0.2, -0.15) is 0 Å². The van der Waals surface area contributed by atoms with Crippen molar-refractivity contribution in [3.63, 3.8) is 0 Å². The Morgan fingerprint density at radius 2 is 2.37 bits per heavy atom. The molecule has 2 aromatic rings. The zero-order valence-electron chi connectivity index (χ0n) is 10.8. The maximum absolute atomic E-state index is 13.0. The van der Waals surface area contributed by atoms with Crippen molar-refractivity contribution in [3.8, 4) is 0 Å². The largest absolute Gasteiger partial charge is 0.356 e. The molecule has 1 aromatic carbocycles. The van der Waals surface area contributed by atoms with Gasteiger partial charge in [0, 0.05) is 24.0 Å². The first-order valence-electron chi connectivity index (χ1n) is 6.74. The zero-order chi connectivity index (χ0) is 13.2. The van der Waals surface area contributed by atoms with E-state index in [1.54, 1.807) is 6.07 Å². The Hall–Kier alpha value is -1.46. The summed E-state index contributed by atoms with van der Waals surface area (Å²) < 4.78 is 18.2. The zero-order valence-corrected chi connectivity index (χ0v) is 10.8. The number of nitrogens with two attached hydrogens (primary N) is 1. The third-order valence-electron chi connectivity index (χ3n) is 3.71. The SMILES string of the molecule is NC1CCN(CCCc2noc3cc(F)ccc23)C1. The summed E-state index contributed by atoms with van der Waals surface area (Å²) >= 11 is 0. The van der Waals surface area contributed by atoms with Crippen molar-refractivity contribution in [2.45, 2.75) is 25.3 Å². The van der Waals surface area contributed by atoms with Gasteiger partial charge in [-0.1, -0.05) is 5.16 Å². The van der Waals surface area contributed by atoms with Gasteiger partial charge in [-0.25, -0.2) is 4.39 Å². The van der Waals surface area contributed by atoms with Gasteiger partial charge in [-0.05, 0) is 44.5 Å². The van der Waals surface area contributed by atoms with Crippen LogP contribution in [0.25, 0.3) is 11.0 Å². The molecule has 1 unspecified atom stereocenters. The molecule has 1 aromatic heterocycles. The first-order chi connectivity index (χ1) is 9.22. The highest BCUT2D eigenvalue weighted by Crippen LogP contribution is 2.20. The molecule has 1 aliphatic heterocycles. The summed E-state index contributed by atoms with van der Waals surface area (Å²) in [5.74, 6) is -0.291. The van der Waals surface area contributed by atoms with Crippen molar-refractivity contribution < 1.29 is 8.91 Å². The van der Waals surface area contributed by atoms with Crippen LogP contribution in [0.1, 0.15) is 18.5 Å². The van der Waals surface area contributed by atoms with Crippen molar-refractivity contribution in [1.82, 2.24) is 10.1 Å². The first-order valence-corrected chi connectivity index (χ1v) is 6.74. The topological polar surface area (TPSA) is 55.3 Å². The van der Waals surface area contributed by atoms with Crippen LogP contribution in [0.3, 0.4) is 0 Å². The molecule has 0 radical (unpaired) electrons. The lowest BCUT2D eigenvalue weighted by Crippen LogP contribution is -2.27. The van der Waals surface area contributed by atoms with Gasteiger partial charge in [-0.3, -0.25) is 0 Å². The maximum Gasteiger partial charge on any atom is 0.170 e. The van der Waals surface area contributed by atoms with E-state index in [1.807, 2.05) is 0 Å². The van der Waals surface area contributed by atoms with Crippen LogP contribution in [0.2, 0.25) is 0 Å². The fraction of sp³-hybridized carbons (Fsp3) is 0.500. The van der Waals surface area contributed by atoms with Crippen LogP contribution in [0, 0.1) is 5.82 Å². The monoisotopic (exact) mass is 263 g/mol. The highest BCUT2D eigenvalue weighted by Gasteiger charge is 2.18. The minimum absolute atomic E-state index is 0.291. The Labute approximate surface area is 111 Å². The minimum atomic E-state index is -0.291. The molecule has 3 rings (SSSR count). The van der Waals surface area contributed by atoms with Gasteiger partial charge < -0.3 is 15.2 Å². The normalized spacial score (nSPS) is 20.4. The summed E-state index contributed by atoms with van der Waals surface area (Å²) in [6.07, 6.45) is 2.96. The lowest BCUT2D eigenvalue weighted by molar-refractivity contribution is 0.328. The molecule has 2 N–H and O–H groups in total. The molecule has 0 aliphatic carbocycles. The summed E-state index contributed by atoms with van der Waals surface area (Å²) in [5.41, 5.74) is 7.32. The number of likely N-dealkylation sites (tertiary alicyclic amines) is 1. The van der Waals surface area contributed by atoms with Gasteiger partial charge in [0.15, 0.2) is 5.58 Å². The third kappa shape index (κ3) is 2.77. The summed E-state index contributed by atoms with van der Waals surface area (Å²) in [6, 6.07) is 4.90. The number of rotatable bonds is 4. The van der Waals surface area contributed by atoms with Gasteiger partial charge in [0.1, 0.15) is 5.82 Å². The molecule has 1 atom stereocenters. The number of aryl methyl sites for hydroxylation is 1. The molecule has 1 saturated heterocycles. The standard InChI is InChI=1S/C14H18FN3O/c15-10-3-4-12-13(17-19-14(12)8-10)2-1-6-18-7-5-11(16)9-18/h3-4,8,11H,1-2,5-7,9,16H2. The Morgan fingerprint density at radius 3 is 3.16 bits per heavy atom. The first kappa shape index (κ1) is 12.6. The van der Waals surface area contributed by atoms with Crippen LogP contribution in [0.4, 0.5) is 4.39 Å². The molecular weight excluding hydrogens is 245 g/mol. The molecule has 0 bridgehead atoms. The van der Waals surface area contributed by atoms with E-state index in [-0.39, 0.29) is 5.82 Å². The van der Waals surface area contributed by atoms with E-state index in [2.05, 4.69) is 10.1 Å². The second kappa shape index (κ2) is 5.27. The van der Waals surface area contributed by atoms with Crippen LogP contribution in [0.5, 0.6) is 0 Å². The highest BCUT2D eigenvalue weighted by atomic mass is 19.1. The van der Waals surface area contributed by atoms with E-state index < -0.39 is 0 Å². The quantitative estimate of drug-likeness (QED) is 0.915. The number of benzene rings is 1. The number of hydrogen-bond donors (Lipinski definition) is 1. The summed E-state index contributed by atoms with van der Waals surface area (Å²) in [4.78, 5) is 2.38. The van der Waals surface area contributed by atoms with Gasteiger partial charge >= 0.3 is 0 Å². The van der Waals surface area contributed by atoms with Crippen LogP contribution in [-0.4, -0.2) is 35.7 Å². The maximum atomic E-state index is 13.0. The second-order valence-corrected chi connectivity index (χ2v) is 5.22. The average molecular weight is 263 g/mol. The van der Waals surface area contributed by atoms with Crippen molar-refractivity contribution in [1.29, 1.82) is 0 Å². The van der Waals surface area contributed by atoms with Gasteiger partial charge in [0.2, 0.25) is 0 Å². The van der Waals surface area contributed by atoms with E-state index >= 15 is 0 Å². The number of nitrogens with zero attached hydrogens (tertiary/aromatic N) is 2. The second-order valence-electron chi connectivity index (χ2n) is 5.22. The van der Waals surface area contributed by atoms with Crippen LogP contribution in [-0.2, 0) is 6.42 Å². The number of fused-ring (bicyclic) bond motifs is 1. The van der Waals surface area contributed by atoms with Crippen molar-refractivity contribution in [3.05, 3.63) is 29.7 Å². The minimum Gasteiger partial charge on any atom is -0.356 e. The molecule has 1 aliphatic rings. The fourth-order valence-corrected chi connectivity index (χ4v) is 2.68. The summed E-state index contributed by atoms with van der Waals surface area (Å²) in [7, 11) is 0. The average Bonchev–Trinajstić information content (AvgIpc) is 2.96. The molecule has 19 heavy (non-hydrogen) atoms. The highest BCUT2D eigenvalue weighted by molar-refractivity contribution is 5.79. The molecule has 0 saturated carbocycles. The lowest BCUT2D eigenvalue weighted by atomic mass is 10.1. The molecule has 0 amide bonds. The summed E-state index contributed by atoms with van der Waals surface area (Å²) in [6.45, 7) is 3.11. The Morgan fingerprint density at radius 1 is 1.47 bits per heavy atom. The third-order valence-corrected chi connectivity index (χ3v) is 3.71. The van der Waals surface area contributed by atoms with E-state index in [1.165, 1.54) is 12.1 Å². The van der Waals surface area contributed by atoms with E-state index in [4.69, 9.17) is 10.3 Å². The molecular formula is C14H18FN3O. The number of aromatic nitrogens is 1. The van der Waals surface area contributed by atoms with Crippen molar-refractivity contribution >= 4 is 11.0 Å². The van der Waals surface area contributed by atoms with Gasteiger partial charge in [0.25, 0.3) is 0 Å². The molecule has 102 valence electrons.